The molecule has 1 heterocycles. The second-order valence-electron chi connectivity index (χ2n) is 4.15. The zero-order valence-electron chi connectivity index (χ0n) is 10.4. The number of amides is 4. The quantitative estimate of drug-likeness (QED) is 0.753. The first-order valence-corrected chi connectivity index (χ1v) is 7.09. The van der Waals surface area contributed by atoms with Crippen LogP contribution in [0.2, 0.25) is 0 Å². The van der Waals surface area contributed by atoms with Crippen LogP contribution in [-0.4, -0.2) is 40.8 Å². The van der Waals surface area contributed by atoms with Crippen LogP contribution in [0.4, 0.5) is 4.79 Å². The molecule has 0 aromatic rings. The van der Waals surface area contributed by atoms with Gasteiger partial charge in [-0.3, -0.25) is 19.8 Å². The van der Waals surface area contributed by atoms with Crippen molar-refractivity contribution in [1.29, 1.82) is 0 Å². The third-order valence-electron chi connectivity index (χ3n) is 2.73. The van der Waals surface area contributed by atoms with Gasteiger partial charge in [-0.1, -0.05) is 13.3 Å². The van der Waals surface area contributed by atoms with E-state index < -0.39 is 17.9 Å². The van der Waals surface area contributed by atoms with E-state index >= 15 is 0 Å². The van der Waals surface area contributed by atoms with E-state index in [4.69, 9.17) is 0 Å². The molecule has 0 spiro atoms. The zero-order valence-corrected chi connectivity index (χ0v) is 11.2. The summed E-state index contributed by atoms with van der Waals surface area (Å²) in [5.74, 6) is -0.856. The van der Waals surface area contributed by atoms with Gasteiger partial charge in [0, 0.05) is 11.8 Å². The van der Waals surface area contributed by atoms with Gasteiger partial charge in [0.05, 0.1) is 0 Å². The minimum Gasteiger partial charge on any atom is -0.277 e. The normalized spacial score (nSPS) is 22.6. The smallest absolute Gasteiger partial charge is 0.277 e. The number of hydrogen-bond acceptors (Lipinski definition) is 4. The fourth-order valence-electron chi connectivity index (χ4n) is 1.91. The molecular formula is C11H18N2O3S. The lowest BCUT2D eigenvalue weighted by Gasteiger charge is -2.33. The van der Waals surface area contributed by atoms with Crippen molar-refractivity contribution in [3.05, 3.63) is 0 Å². The molecule has 17 heavy (non-hydrogen) atoms. The van der Waals surface area contributed by atoms with Gasteiger partial charge in [0.25, 0.3) is 0 Å². The summed E-state index contributed by atoms with van der Waals surface area (Å²) in [6.07, 6.45) is 3.14. The van der Waals surface area contributed by atoms with Crippen molar-refractivity contribution in [3.63, 3.8) is 0 Å². The highest BCUT2D eigenvalue weighted by Gasteiger charge is 2.41. The molecule has 2 unspecified atom stereocenters. The minimum atomic E-state index is -0.706. The van der Waals surface area contributed by atoms with E-state index in [0.717, 1.165) is 6.42 Å². The Morgan fingerprint density at radius 1 is 1.41 bits per heavy atom. The van der Waals surface area contributed by atoms with E-state index in [0.29, 0.717) is 12.2 Å². The molecule has 5 nitrogen and oxygen atoms in total. The van der Waals surface area contributed by atoms with Gasteiger partial charge in [0.2, 0.25) is 11.8 Å². The molecule has 1 aliphatic heterocycles. The van der Waals surface area contributed by atoms with Crippen LogP contribution in [0.15, 0.2) is 0 Å². The lowest BCUT2D eigenvalue weighted by atomic mass is 9.98. The van der Waals surface area contributed by atoms with Crippen molar-refractivity contribution in [3.8, 4) is 0 Å². The van der Waals surface area contributed by atoms with E-state index in [9.17, 15) is 14.4 Å². The molecule has 6 heteroatoms. The van der Waals surface area contributed by atoms with Crippen molar-refractivity contribution in [2.24, 2.45) is 5.92 Å². The molecular weight excluding hydrogens is 240 g/mol. The summed E-state index contributed by atoms with van der Waals surface area (Å²) in [7, 11) is 0. The Hall–Kier alpha value is -1.04. The maximum absolute atomic E-state index is 12.1. The monoisotopic (exact) mass is 258 g/mol. The van der Waals surface area contributed by atoms with E-state index in [2.05, 4.69) is 5.32 Å². The fraction of sp³-hybridized carbons (Fsp3) is 0.727. The summed E-state index contributed by atoms with van der Waals surface area (Å²) in [4.78, 5) is 36.5. The highest BCUT2D eigenvalue weighted by atomic mass is 32.2. The first-order chi connectivity index (χ1) is 8.02. The Balaban J connectivity index is 2.85. The Bertz CT molecular complexity index is 333. The second kappa shape index (κ2) is 6.05. The number of imide groups is 2. The van der Waals surface area contributed by atoms with Gasteiger partial charge in [-0.2, -0.15) is 11.8 Å². The van der Waals surface area contributed by atoms with Crippen LogP contribution in [0.3, 0.4) is 0 Å². The number of nitrogens with one attached hydrogen (secondary N) is 1. The summed E-state index contributed by atoms with van der Waals surface area (Å²) in [5, 5.41) is 2.25. The van der Waals surface area contributed by atoms with Crippen molar-refractivity contribution >= 4 is 29.6 Å². The van der Waals surface area contributed by atoms with Gasteiger partial charge in [0.15, 0.2) is 0 Å². The van der Waals surface area contributed by atoms with Crippen molar-refractivity contribution < 1.29 is 14.4 Å². The SMILES string of the molecule is CCCC1C(=O)NC(=O)N(C(C)CSC)C1=O. The number of carbonyl (C=O) groups excluding carboxylic acids is 3. The Labute approximate surface area is 105 Å². The van der Waals surface area contributed by atoms with Crippen LogP contribution >= 0.6 is 11.8 Å². The number of barbiturate groups is 1. The third-order valence-corrected chi connectivity index (χ3v) is 3.54. The standard InChI is InChI=1S/C11H18N2O3S/c1-4-5-8-9(14)12-11(16)13(10(8)15)7(2)6-17-3/h7-8H,4-6H2,1-3H3,(H,12,14,16). The number of urea groups is 1. The summed E-state index contributed by atoms with van der Waals surface area (Å²) < 4.78 is 0. The minimum absolute atomic E-state index is 0.190. The second-order valence-corrected chi connectivity index (χ2v) is 5.06. The summed E-state index contributed by atoms with van der Waals surface area (Å²) >= 11 is 1.56. The van der Waals surface area contributed by atoms with E-state index in [1.807, 2.05) is 20.1 Å². The van der Waals surface area contributed by atoms with Crippen LogP contribution in [0.5, 0.6) is 0 Å². The lowest BCUT2D eigenvalue weighted by molar-refractivity contribution is -0.143. The molecule has 4 amide bonds. The zero-order chi connectivity index (χ0) is 13.0. The van der Waals surface area contributed by atoms with Gasteiger partial charge in [-0.05, 0) is 19.6 Å². The van der Waals surface area contributed by atoms with Gasteiger partial charge in [-0.15, -0.1) is 0 Å². The number of rotatable bonds is 5. The van der Waals surface area contributed by atoms with Crippen LogP contribution in [0, 0.1) is 5.92 Å². The summed E-state index contributed by atoms with van der Waals surface area (Å²) in [6, 6.07) is -0.779. The lowest BCUT2D eigenvalue weighted by Crippen LogP contribution is -2.60. The molecule has 1 aliphatic rings. The molecule has 0 aromatic carbocycles. The molecule has 0 aromatic heterocycles. The average Bonchev–Trinajstić information content (AvgIpc) is 2.24. The summed E-state index contributed by atoms with van der Waals surface area (Å²) in [6.45, 7) is 3.72. The van der Waals surface area contributed by atoms with Gasteiger partial charge < -0.3 is 0 Å². The van der Waals surface area contributed by atoms with Crippen LogP contribution in [-0.2, 0) is 9.59 Å². The van der Waals surface area contributed by atoms with Crippen molar-refractivity contribution in [2.75, 3.05) is 12.0 Å². The van der Waals surface area contributed by atoms with E-state index in [1.54, 1.807) is 11.8 Å². The van der Waals surface area contributed by atoms with E-state index in [-0.39, 0.29) is 11.9 Å². The molecule has 0 radical (unpaired) electrons. The molecule has 1 fully saturated rings. The maximum Gasteiger partial charge on any atom is 0.331 e. The highest BCUT2D eigenvalue weighted by molar-refractivity contribution is 7.98. The number of nitrogens with zero attached hydrogens (tertiary/aromatic N) is 1. The third kappa shape index (κ3) is 3.00. The molecule has 96 valence electrons. The molecule has 0 bridgehead atoms. The molecule has 1 saturated heterocycles. The Morgan fingerprint density at radius 3 is 2.59 bits per heavy atom. The molecule has 1 N–H and O–H groups in total. The van der Waals surface area contributed by atoms with Crippen LogP contribution in [0.25, 0.3) is 0 Å². The van der Waals surface area contributed by atoms with Crippen molar-refractivity contribution in [1.82, 2.24) is 10.2 Å². The molecule has 1 rings (SSSR count). The predicted molar refractivity (Wildman–Crippen MR) is 66.6 cm³/mol. The summed E-state index contributed by atoms with van der Waals surface area (Å²) in [5.41, 5.74) is 0. The number of carbonyl (C=O) groups is 3. The van der Waals surface area contributed by atoms with Crippen LogP contribution in [0.1, 0.15) is 26.7 Å². The predicted octanol–water partition coefficient (Wildman–Crippen LogP) is 1.23. The van der Waals surface area contributed by atoms with Crippen molar-refractivity contribution in [2.45, 2.75) is 32.7 Å². The number of hydrogen-bond donors (Lipinski definition) is 1. The topological polar surface area (TPSA) is 66.5 Å². The Kier molecular flexibility index (Phi) is 4.99. The molecule has 0 saturated carbocycles. The first kappa shape index (κ1) is 14.0. The van der Waals surface area contributed by atoms with Gasteiger partial charge in [0.1, 0.15) is 5.92 Å². The van der Waals surface area contributed by atoms with Gasteiger partial charge in [-0.25, -0.2) is 4.79 Å². The maximum atomic E-state index is 12.1. The first-order valence-electron chi connectivity index (χ1n) is 5.69. The fourth-order valence-corrected chi connectivity index (χ4v) is 2.54. The highest BCUT2D eigenvalue weighted by Crippen LogP contribution is 2.19. The number of thioether (sulfide) groups is 1. The largest absolute Gasteiger partial charge is 0.331 e. The average molecular weight is 258 g/mol. The molecule has 2 atom stereocenters. The van der Waals surface area contributed by atoms with E-state index in [1.165, 1.54) is 4.90 Å². The molecule has 0 aliphatic carbocycles. The van der Waals surface area contributed by atoms with Gasteiger partial charge >= 0.3 is 6.03 Å². The Morgan fingerprint density at radius 2 is 2.06 bits per heavy atom. The van der Waals surface area contributed by atoms with Crippen LogP contribution < -0.4 is 5.32 Å².